The summed E-state index contributed by atoms with van der Waals surface area (Å²) < 4.78 is 5.43. The first-order valence-corrected chi connectivity index (χ1v) is 8.14. The average molecular weight is 319 g/mol. The fourth-order valence-corrected chi connectivity index (χ4v) is 3.31. The van der Waals surface area contributed by atoms with E-state index >= 15 is 0 Å². The third-order valence-corrected chi connectivity index (χ3v) is 4.62. The summed E-state index contributed by atoms with van der Waals surface area (Å²) in [6, 6.07) is 4.02. The highest BCUT2D eigenvalue weighted by Crippen LogP contribution is 2.35. The van der Waals surface area contributed by atoms with Crippen LogP contribution in [0.15, 0.2) is 17.0 Å². The Bertz CT molecular complexity index is 650. The molecule has 1 aromatic carbocycles. The van der Waals surface area contributed by atoms with Crippen LogP contribution >= 0.6 is 11.8 Å². The van der Waals surface area contributed by atoms with Gasteiger partial charge in [-0.1, -0.05) is 13.8 Å². The molecule has 0 radical (unpaired) electrons. The molecule has 0 aromatic heterocycles. The average Bonchev–Trinajstić information content (AvgIpc) is 2.74. The van der Waals surface area contributed by atoms with E-state index in [1.54, 1.807) is 20.1 Å². The van der Waals surface area contributed by atoms with Crippen LogP contribution in [0.4, 0.5) is 4.79 Å². The van der Waals surface area contributed by atoms with Gasteiger partial charge >= 0.3 is 0 Å². The number of hydrogen-bond donors (Lipinski definition) is 0. The Balaban J connectivity index is 2.46. The van der Waals surface area contributed by atoms with Gasteiger partial charge in [0.25, 0.3) is 11.1 Å². The summed E-state index contributed by atoms with van der Waals surface area (Å²) in [5.74, 6) is 0.957. The lowest BCUT2D eigenvalue weighted by Crippen LogP contribution is -2.27. The Labute approximate surface area is 135 Å². The van der Waals surface area contributed by atoms with Gasteiger partial charge in [-0.25, -0.2) is 0 Å². The summed E-state index contributed by atoms with van der Waals surface area (Å²) in [6.07, 6.45) is 1.81. The van der Waals surface area contributed by atoms with Gasteiger partial charge in [0.05, 0.1) is 12.0 Å². The molecule has 118 valence electrons. The number of imide groups is 1. The molecule has 22 heavy (non-hydrogen) atoms. The van der Waals surface area contributed by atoms with Gasteiger partial charge in [0, 0.05) is 6.54 Å². The second-order valence-corrected chi connectivity index (χ2v) is 6.52. The number of carbonyl (C=O) groups is 2. The van der Waals surface area contributed by atoms with Crippen molar-refractivity contribution in [1.82, 2.24) is 4.90 Å². The lowest BCUT2D eigenvalue weighted by atomic mass is 9.96. The number of nitrogens with zero attached hydrogens (tertiary/aromatic N) is 1. The molecule has 1 saturated heterocycles. The topological polar surface area (TPSA) is 46.6 Å². The molecule has 0 atom stereocenters. The van der Waals surface area contributed by atoms with Gasteiger partial charge < -0.3 is 4.74 Å². The minimum Gasteiger partial charge on any atom is -0.496 e. The fraction of sp³-hybridized carbons (Fsp3) is 0.412. The smallest absolute Gasteiger partial charge is 0.293 e. The monoisotopic (exact) mass is 319 g/mol. The summed E-state index contributed by atoms with van der Waals surface area (Å²) in [6.45, 7) is 8.38. The van der Waals surface area contributed by atoms with E-state index in [0.29, 0.717) is 17.4 Å². The molecule has 2 rings (SSSR count). The zero-order valence-electron chi connectivity index (χ0n) is 13.6. The van der Waals surface area contributed by atoms with E-state index in [9.17, 15) is 9.59 Å². The van der Waals surface area contributed by atoms with Crippen LogP contribution in [0.1, 0.15) is 43.4 Å². The first-order chi connectivity index (χ1) is 10.4. The van der Waals surface area contributed by atoms with Crippen molar-refractivity contribution in [3.63, 3.8) is 0 Å². The predicted molar refractivity (Wildman–Crippen MR) is 90.2 cm³/mol. The first-order valence-electron chi connectivity index (χ1n) is 7.32. The second-order valence-electron chi connectivity index (χ2n) is 5.53. The SMILES string of the molecule is CCN1C(=O)SC(=Cc2cc(C(C)C)c(OC)cc2C)C1=O. The number of methoxy groups -OCH3 is 1. The molecule has 0 bridgehead atoms. The van der Waals surface area contributed by atoms with E-state index in [4.69, 9.17) is 4.74 Å². The van der Waals surface area contributed by atoms with Crippen molar-refractivity contribution in [1.29, 1.82) is 0 Å². The van der Waals surface area contributed by atoms with Gasteiger partial charge in [-0.05, 0) is 66.4 Å². The molecule has 0 aliphatic carbocycles. The van der Waals surface area contributed by atoms with Gasteiger partial charge in [-0.2, -0.15) is 0 Å². The number of likely N-dealkylation sites (N-methyl/N-ethyl adjacent to an activating group) is 1. The van der Waals surface area contributed by atoms with Gasteiger partial charge in [0.1, 0.15) is 5.75 Å². The molecule has 1 heterocycles. The van der Waals surface area contributed by atoms with Crippen LogP contribution in [0.2, 0.25) is 0 Å². The number of hydrogen-bond acceptors (Lipinski definition) is 4. The molecule has 1 fully saturated rings. The summed E-state index contributed by atoms with van der Waals surface area (Å²) >= 11 is 1.00. The quantitative estimate of drug-likeness (QED) is 0.781. The van der Waals surface area contributed by atoms with Gasteiger partial charge in [-0.15, -0.1) is 0 Å². The maximum atomic E-state index is 12.2. The third kappa shape index (κ3) is 3.04. The Kier molecular flexibility index (Phi) is 4.96. The number of ether oxygens (including phenoxy) is 1. The zero-order valence-corrected chi connectivity index (χ0v) is 14.4. The first kappa shape index (κ1) is 16.6. The van der Waals surface area contributed by atoms with E-state index in [1.165, 1.54) is 4.90 Å². The summed E-state index contributed by atoms with van der Waals surface area (Å²) in [4.78, 5) is 25.7. The molecule has 1 aliphatic rings. The molecule has 2 amide bonds. The van der Waals surface area contributed by atoms with E-state index in [0.717, 1.165) is 34.2 Å². The van der Waals surface area contributed by atoms with E-state index in [1.807, 2.05) is 19.1 Å². The number of benzene rings is 1. The Morgan fingerprint density at radius 3 is 2.50 bits per heavy atom. The number of aryl methyl sites for hydroxylation is 1. The molecule has 4 nitrogen and oxygen atoms in total. The molecule has 1 aromatic rings. The van der Waals surface area contributed by atoms with Crippen molar-refractivity contribution in [2.24, 2.45) is 0 Å². The van der Waals surface area contributed by atoms with Crippen LogP contribution in [-0.4, -0.2) is 29.7 Å². The minimum atomic E-state index is -0.209. The van der Waals surface area contributed by atoms with Crippen LogP contribution < -0.4 is 4.74 Å². The lowest BCUT2D eigenvalue weighted by Gasteiger charge is -2.15. The maximum absolute atomic E-state index is 12.2. The zero-order chi connectivity index (χ0) is 16.4. The van der Waals surface area contributed by atoms with E-state index < -0.39 is 0 Å². The molecule has 0 unspecified atom stereocenters. The minimum absolute atomic E-state index is 0.200. The van der Waals surface area contributed by atoms with Crippen molar-refractivity contribution >= 4 is 29.0 Å². The summed E-state index contributed by atoms with van der Waals surface area (Å²) in [5.41, 5.74) is 3.06. The van der Waals surface area contributed by atoms with Crippen molar-refractivity contribution in [3.05, 3.63) is 33.7 Å². The third-order valence-electron chi connectivity index (χ3n) is 3.72. The Morgan fingerprint density at radius 2 is 2.00 bits per heavy atom. The van der Waals surface area contributed by atoms with Crippen LogP contribution in [0.25, 0.3) is 6.08 Å². The molecule has 5 heteroatoms. The van der Waals surface area contributed by atoms with Crippen molar-refractivity contribution in [2.45, 2.75) is 33.6 Å². The summed E-state index contributed by atoms with van der Waals surface area (Å²) in [5, 5.41) is -0.200. The predicted octanol–water partition coefficient (Wildman–Crippen LogP) is 4.18. The van der Waals surface area contributed by atoms with Crippen LogP contribution in [-0.2, 0) is 4.79 Å². The largest absolute Gasteiger partial charge is 0.496 e. The van der Waals surface area contributed by atoms with Crippen molar-refractivity contribution in [3.8, 4) is 5.75 Å². The number of carbonyl (C=O) groups excluding carboxylic acids is 2. The normalized spacial score (nSPS) is 17.0. The second kappa shape index (κ2) is 6.57. The van der Waals surface area contributed by atoms with Crippen molar-refractivity contribution < 1.29 is 14.3 Å². The molecular formula is C17H21NO3S. The van der Waals surface area contributed by atoms with Gasteiger partial charge in [0.2, 0.25) is 0 Å². The number of thioether (sulfide) groups is 1. The molecule has 0 N–H and O–H groups in total. The van der Waals surface area contributed by atoms with E-state index in [-0.39, 0.29) is 11.1 Å². The lowest BCUT2D eigenvalue weighted by molar-refractivity contribution is -0.122. The maximum Gasteiger partial charge on any atom is 0.293 e. The van der Waals surface area contributed by atoms with E-state index in [2.05, 4.69) is 13.8 Å². The van der Waals surface area contributed by atoms with Crippen LogP contribution in [0.3, 0.4) is 0 Å². The van der Waals surface area contributed by atoms with Crippen LogP contribution in [0.5, 0.6) is 5.75 Å². The fourth-order valence-electron chi connectivity index (χ4n) is 2.41. The molecule has 1 aliphatic heterocycles. The van der Waals surface area contributed by atoms with Crippen LogP contribution in [0, 0.1) is 6.92 Å². The van der Waals surface area contributed by atoms with Gasteiger partial charge in [-0.3, -0.25) is 14.5 Å². The van der Waals surface area contributed by atoms with Gasteiger partial charge in [0.15, 0.2) is 0 Å². The highest BCUT2D eigenvalue weighted by atomic mass is 32.2. The standard InChI is InChI=1S/C17H21NO3S/c1-6-18-16(19)15(22-17(18)20)9-12-8-13(10(2)3)14(21-5)7-11(12)4/h7-10H,6H2,1-5H3. The Morgan fingerprint density at radius 1 is 1.32 bits per heavy atom. The molecule has 0 saturated carbocycles. The summed E-state index contributed by atoms with van der Waals surface area (Å²) in [7, 11) is 1.66. The highest BCUT2D eigenvalue weighted by Gasteiger charge is 2.33. The molecule has 0 spiro atoms. The number of rotatable bonds is 4. The Hall–Kier alpha value is -1.75. The number of amides is 2. The molecular weight excluding hydrogens is 298 g/mol. The highest BCUT2D eigenvalue weighted by molar-refractivity contribution is 8.18. The van der Waals surface area contributed by atoms with Crippen molar-refractivity contribution in [2.75, 3.05) is 13.7 Å².